The second-order valence-electron chi connectivity index (χ2n) is 7.85. The van der Waals surface area contributed by atoms with Crippen LogP contribution in [0.5, 0.6) is 0 Å². The molecule has 27 heavy (non-hydrogen) atoms. The molecule has 1 amide bonds. The van der Waals surface area contributed by atoms with Gasteiger partial charge in [0.15, 0.2) is 0 Å². The summed E-state index contributed by atoms with van der Waals surface area (Å²) >= 11 is 1.50. The number of carboxylic acid groups (broad SMARTS) is 1. The van der Waals surface area contributed by atoms with E-state index in [2.05, 4.69) is 18.3 Å². The molecule has 3 atom stereocenters. The summed E-state index contributed by atoms with van der Waals surface area (Å²) in [5, 5.41) is 22.7. The van der Waals surface area contributed by atoms with Gasteiger partial charge in [0.2, 0.25) is 5.91 Å². The van der Waals surface area contributed by atoms with E-state index in [1.54, 1.807) is 0 Å². The number of rotatable bonds is 4. The van der Waals surface area contributed by atoms with E-state index in [4.69, 9.17) is 0 Å². The molecule has 0 fully saturated rings. The number of carbonyl (C=O) groups is 2. The molecule has 0 radical (unpaired) electrons. The summed E-state index contributed by atoms with van der Waals surface area (Å²) in [5.41, 5.74) is 3.79. The minimum Gasteiger partial charge on any atom is -0.481 e. The first-order valence-electron chi connectivity index (χ1n) is 9.59. The quantitative estimate of drug-likeness (QED) is 0.744. The number of hydrogen-bond donors (Lipinski definition) is 2. The van der Waals surface area contributed by atoms with Crippen molar-refractivity contribution in [1.82, 2.24) is 0 Å². The summed E-state index contributed by atoms with van der Waals surface area (Å²) in [5.74, 6) is -1.88. The van der Waals surface area contributed by atoms with Crippen LogP contribution in [0.25, 0.3) is 0 Å². The Labute approximate surface area is 164 Å². The maximum atomic E-state index is 12.9. The number of carbonyl (C=O) groups excluding carboxylic acids is 1. The van der Waals surface area contributed by atoms with Gasteiger partial charge in [-0.1, -0.05) is 24.5 Å². The smallest absolute Gasteiger partial charge is 0.307 e. The number of hydrogen-bond acceptors (Lipinski definition) is 4. The molecule has 0 saturated carbocycles. The van der Waals surface area contributed by atoms with E-state index >= 15 is 0 Å². The van der Waals surface area contributed by atoms with Crippen LogP contribution in [0.4, 0.5) is 5.00 Å². The minimum atomic E-state index is -0.932. The summed E-state index contributed by atoms with van der Waals surface area (Å²) in [4.78, 5) is 25.8. The molecule has 3 rings (SSSR count). The lowest BCUT2D eigenvalue weighted by Crippen LogP contribution is -2.36. The molecule has 0 bridgehead atoms. The Morgan fingerprint density at radius 3 is 2.48 bits per heavy atom. The fourth-order valence-corrected chi connectivity index (χ4v) is 5.56. The molecule has 0 saturated heterocycles. The molecule has 0 aliphatic heterocycles. The van der Waals surface area contributed by atoms with Crippen molar-refractivity contribution in [2.45, 2.75) is 59.3 Å². The molecule has 144 valence electrons. The number of nitrogens with one attached hydrogen (secondary N) is 1. The van der Waals surface area contributed by atoms with Crippen LogP contribution in [0, 0.1) is 29.1 Å². The van der Waals surface area contributed by atoms with Crippen molar-refractivity contribution < 1.29 is 14.7 Å². The molecule has 1 heterocycles. The highest BCUT2D eigenvalue weighted by Gasteiger charge is 2.38. The summed E-state index contributed by atoms with van der Waals surface area (Å²) in [7, 11) is 0. The molecule has 0 spiro atoms. The topological polar surface area (TPSA) is 90.2 Å². The van der Waals surface area contributed by atoms with Gasteiger partial charge in [0.25, 0.3) is 0 Å². The molecule has 1 aromatic heterocycles. The van der Waals surface area contributed by atoms with Gasteiger partial charge in [-0.05, 0) is 57.4 Å². The standard InChI is InChI=1S/C21H26N2O3S/c1-4-13-5-6-14-17(10-22)20(27-18(14)9-13)23-19(24)15-7-11(2)12(3)8-16(15)21(25)26/h13,15-16H,4-9H2,1-3H3,(H,23,24)(H,25,26)/t13-,15+,16+/m1/s1. The number of thiophene rings is 1. The van der Waals surface area contributed by atoms with Crippen molar-refractivity contribution >= 4 is 28.2 Å². The van der Waals surface area contributed by atoms with E-state index in [0.717, 1.165) is 42.4 Å². The van der Waals surface area contributed by atoms with Crippen LogP contribution in [0.15, 0.2) is 11.1 Å². The highest BCUT2D eigenvalue weighted by molar-refractivity contribution is 7.16. The van der Waals surface area contributed by atoms with Gasteiger partial charge in [-0.2, -0.15) is 5.26 Å². The first-order valence-corrected chi connectivity index (χ1v) is 10.4. The maximum Gasteiger partial charge on any atom is 0.307 e. The number of aliphatic carboxylic acids is 1. The Bertz CT molecular complexity index is 846. The van der Waals surface area contributed by atoms with Crippen molar-refractivity contribution in [3.63, 3.8) is 0 Å². The van der Waals surface area contributed by atoms with Crippen LogP contribution in [0.3, 0.4) is 0 Å². The van der Waals surface area contributed by atoms with Crippen molar-refractivity contribution in [2.75, 3.05) is 5.32 Å². The molecule has 1 aromatic rings. The molecular weight excluding hydrogens is 360 g/mol. The molecule has 2 aliphatic carbocycles. The SMILES string of the molecule is CC[C@@H]1CCc2c(sc(NC(=O)[C@H]3CC(C)=C(C)C[C@@H]3C(=O)O)c2C#N)C1. The number of fused-ring (bicyclic) bond motifs is 1. The Hall–Kier alpha value is -2.13. The van der Waals surface area contributed by atoms with Crippen LogP contribution in [0.2, 0.25) is 0 Å². The number of allylic oxidation sites excluding steroid dienone is 2. The first-order chi connectivity index (χ1) is 12.8. The summed E-state index contributed by atoms with van der Waals surface area (Å²) in [6, 6.07) is 2.26. The van der Waals surface area contributed by atoms with Crippen LogP contribution in [0.1, 0.15) is 62.5 Å². The lowest BCUT2D eigenvalue weighted by molar-refractivity contribution is -0.146. The Morgan fingerprint density at radius 1 is 1.22 bits per heavy atom. The Kier molecular flexibility index (Phi) is 5.71. The van der Waals surface area contributed by atoms with Gasteiger partial charge >= 0.3 is 5.97 Å². The Balaban J connectivity index is 1.85. The van der Waals surface area contributed by atoms with Crippen molar-refractivity contribution in [3.05, 3.63) is 27.2 Å². The van der Waals surface area contributed by atoms with E-state index < -0.39 is 17.8 Å². The monoisotopic (exact) mass is 386 g/mol. The third-order valence-corrected chi connectivity index (χ3v) is 7.38. The summed E-state index contributed by atoms with van der Waals surface area (Å²) in [6.07, 6.45) is 4.90. The van der Waals surface area contributed by atoms with Gasteiger partial charge in [0.05, 0.1) is 17.4 Å². The van der Waals surface area contributed by atoms with E-state index in [-0.39, 0.29) is 5.91 Å². The zero-order chi connectivity index (χ0) is 19.7. The molecule has 6 heteroatoms. The molecular formula is C21H26N2O3S. The van der Waals surface area contributed by atoms with Gasteiger partial charge in [0, 0.05) is 4.88 Å². The van der Waals surface area contributed by atoms with Crippen molar-refractivity contribution in [3.8, 4) is 6.07 Å². The van der Waals surface area contributed by atoms with Gasteiger partial charge in [-0.3, -0.25) is 9.59 Å². The minimum absolute atomic E-state index is 0.281. The van der Waals surface area contributed by atoms with Gasteiger partial charge in [-0.15, -0.1) is 11.3 Å². The molecule has 2 N–H and O–H groups in total. The van der Waals surface area contributed by atoms with Gasteiger partial charge in [0.1, 0.15) is 11.1 Å². The third kappa shape index (κ3) is 3.79. The van der Waals surface area contributed by atoms with Gasteiger partial charge in [-0.25, -0.2) is 0 Å². The number of nitriles is 1. The average molecular weight is 387 g/mol. The van der Waals surface area contributed by atoms with E-state index in [9.17, 15) is 20.0 Å². The van der Waals surface area contributed by atoms with E-state index in [0.29, 0.717) is 29.3 Å². The van der Waals surface area contributed by atoms with Crippen LogP contribution in [-0.2, 0) is 22.4 Å². The number of carboxylic acids is 1. The Morgan fingerprint density at radius 2 is 1.89 bits per heavy atom. The maximum absolute atomic E-state index is 12.9. The largest absolute Gasteiger partial charge is 0.481 e. The lowest BCUT2D eigenvalue weighted by atomic mass is 9.76. The summed E-state index contributed by atoms with van der Waals surface area (Å²) in [6.45, 7) is 6.08. The second-order valence-corrected chi connectivity index (χ2v) is 8.95. The highest BCUT2D eigenvalue weighted by atomic mass is 32.1. The predicted octanol–water partition coefficient (Wildman–Crippen LogP) is 4.52. The molecule has 0 aromatic carbocycles. The normalized spacial score (nSPS) is 24.9. The van der Waals surface area contributed by atoms with Crippen LogP contribution >= 0.6 is 11.3 Å². The first kappa shape index (κ1) is 19.6. The molecule has 0 unspecified atom stereocenters. The average Bonchev–Trinajstić information content (AvgIpc) is 2.98. The number of anilines is 1. The number of amides is 1. The lowest BCUT2D eigenvalue weighted by Gasteiger charge is -2.29. The van der Waals surface area contributed by atoms with Crippen LogP contribution < -0.4 is 5.32 Å². The third-order valence-electron chi connectivity index (χ3n) is 6.21. The zero-order valence-corrected chi connectivity index (χ0v) is 16.9. The fourth-order valence-electron chi connectivity index (χ4n) is 4.24. The predicted molar refractivity (Wildman–Crippen MR) is 106 cm³/mol. The molecule has 5 nitrogen and oxygen atoms in total. The van der Waals surface area contributed by atoms with Crippen molar-refractivity contribution in [2.24, 2.45) is 17.8 Å². The van der Waals surface area contributed by atoms with Crippen LogP contribution in [-0.4, -0.2) is 17.0 Å². The molecule has 2 aliphatic rings. The van der Waals surface area contributed by atoms with Crippen molar-refractivity contribution in [1.29, 1.82) is 5.26 Å². The second kappa shape index (κ2) is 7.85. The fraction of sp³-hybridized carbons (Fsp3) is 0.571. The zero-order valence-electron chi connectivity index (χ0n) is 16.1. The number of nitrogens with zero attached hydrogens (tertiary/aromatic N) is 1. The summed E-state index contributed by atoms with van der Waals surface area (Å²) < 4.78 is 0. The highest BCUT2D eigenvalue weighted by Crippen LogP contribution is 2.41. The van der Waals surface area contributed by atoms with E-state index in [1.165, 1.54) is 16.2 Å². The van der Waals surface area contributed by atoms with Gasteiger partial charge < -0.3 is 10.4 Å². The van der Waals surface area contributed by atoms with E-state index in [1.807, 2.05) is 13.8 Å².